The van der Waals surface area contributed by atoms with Crippen LogP contribution in [-0.2, 0) is 9.53 Å². The van der Waals surface area contributed by atoms with E-state index in [1.54, 1.807) is 6.92 Å². The predicted octanol–water partition coefficient (Wildman–Crippen LogP) is 4.70. The van der Waals surface area contributed by atoms with Crippen molar-refractivity contribution in [3.63, 3.8) is 0 Å². The lowest BCUT2D eigenvalue weighted by atomic mass is 9.88. The second-order valence-electron chi connectivity index (χ2n) is 5.19. The fourth-order valence-electron chi connectivity index (χ4n) is 2.69. The zero-order valence-electron chi connectivity index (χ0n) is 11.5. The Balaban J connectivity index is 2.73. The predicted molar refractivity (Wildman–Crippen MR) is 74.7 cm³/mol. The summed E-state index contributed by atoms with van der Waals surface area (Å²) < 4.78 is 31.8. The van der Waals surface area contributed by atoms with Gasteiger partial charge in [0.2, 0.25) is 0 Å². The fourth-order valence-corrected chi connectivity index (χ4v) is 3.01. The Kier molecular flexibility index (Phi) is 7.44. The molecule has 1 saturated carbocycles. The molecular weight excluding hydrogens is 318 g/mol. The van der Waals surface area contributed by atoms with Gasteiger partial charge in [-0.3, -0.25) is 4.79 Å². The van der Waals surface area contributed by atoms with E-state index in [1.165, 1.54) is 0 Å². The van der Waals surface area contributed by atoms with Crippen LogP contribution in [0.5, 0.6) is 0 Å². The second-order valence-corrected chi connectivity index (χ2v) is 6.35. The number of ketones is 1. The highest BCUT2D eigenvalue weighted by atomic mass is 79.9. The van der Waals surface area contributed by atoms with E-state index in [4.69, 9.17) is 4.74 Å². The molecule has 0 bridgehead atoms. The van der Waals surface area contributed by atoms with Crippen molar-refractivity contribution in [3.05, 3.63) is 0 Å². The minimum absolute atomic E-state index is 0.0945. The molecule has 0 radical (unpaired) electrons. The van der Waals surface area contributed by atoms with E-state index < -0.39 is 17.4 Å². The number of hydrogen-bond donors (Lipinski definition) is 0. The first-order valence-corrected chi connectivity index (χ1v) is 7.94. The molecule has 1 rings (SSSR count). The molecule has 0 spiro atoms. The zero-order valence-corrected chi connectivity index (χ0v) is 13.1. The van der Waals surface area contributed by atoms with Gasteiger partial charge in [0.1, 0.15) is 5.78 Å². The Morgan fingerprint density at radius 2 is 1.95 bits per heavy atom. The summed E-state index contributed by atoms with van der Waals surface area (Å²) in [5, 5.41) is 0. The van der Waals surface area contributed by atoms with E-state index in [2.05, 4.69) is 15.9 Å². The van der Waals surface area contributed by atoms with Gasteiger partial charge in [-0.1, -0.05) is 25.7 Å². The molecule has 0 aromatic heterocycles. The normalized spacial score (nSPS) is 24.4. The minimum atomic E-state index is -2.97. The fraction of sp³-hybridized carbons (Fsp3) is 0.929. The molecule has 5 heteroatoms. The summed E-state index contributed by atoms with van der Waals surface area (Å²) in [6.45, 7) is 2.14. The number of carbonyl (C=O) groups excluding carboxylic acids is 1. The maximum atomic E-state index is 13.2. The number of hydrogen-bond acceptors (Lipinski definition) is 2. The van der Waals surface area contributed by atoms with E-state index in [9.17, 15) is 13.6 Å². The maximum Gasteiger partial charge on any atom is 0.303 e. The highest BCUT2D eigenvalue weighted by molar-refractivity contribution is 9.10. The smallest absolute Gasteiger partial charge is 0.303 e. The molecule has 0 saturated heterocycles. The summed E-state index contributed by atoms with van der Waals surface area (Å²) in [4.78, 5) is 9.22. The highest BCUT2D eigenvalue weighted by Gasteiger charge is 2.36. The van der Waals surface area contributed by atoms with Crippen LogP contribution in [0.15, 0.2) is 0 Å². The third-order valence-electron chi connectivity index (χ3n) is 3.61. The zero-order chi connectivity index (χ0) is 14.3. The Hall–Kier alpha value is -0.0300. The molecule has 1 aliphatic rings. The molecule has 0 aliphatic heterocycles. The van der Waals surface area contributed by atoms with Gasteiger partial charge in [0, 0.05) is 25.4 Å². The number of rotatable bonds is 5. The van der Waals surface area contributed by atoms with E-state index >= 15 is 0 Å². The van der Waals surface area contributed by atoms with Gasteiger partial charge < -0.3 is 4.74 Å². The summed E-state index contributed by atoms with van der Waals surface area (Å²) in [6.07, 6.45) is 5.14. The van der Waals surface area contributed by atoms with Gasteiger partial charge in [-0.25, -0.2) is 0 Å². The van der Waals surface area contributed by atoms with E-state index in [0.29, 0.717) is 19.4 Å². The first-order chi connectivity index (χ1) is 8.94. The molecule has 0 aromatic rings. The minimum Gasteiger partial charge on any atom is -0.377 e. The van der Waals surface area contributed by atoms with Crippen LogP contribution < -0.4 is 0 Å². The molecule has 2 nitrogen and oxygen atoms in total. The molecule has 0 aromatic carbocycles. The molecule has 2 unspecified atom stereocenters. The van der Waals surface area contributed by atoms with Gasteiger partial charge in [-0.2, -0.15) is 8.78 Å². The first kappa shape index (κ1) is 17.0. The van der Waals surface area contributed by atoms with Crippen molar-refractivity contribution >= 4 is 21.7 Å². The van der Waals surface area contributed by atoms with Crippen LogP contribution in [-0.4, -0.2) is 23.3 Å². The quantitative estimate of drug-likeness (QED) is 0.678. The average Bonchev–Trinajstić information content (AvgIpc) is 2.39. The Morgan fingerprint density at radius 3 is 2.58 bits per heavy atom. The van der Waals surface area contributed by atoms with Crippen LogP contribution >= 0.6 is 15.9 Å². The lowest BCUT2D eigenvalue weighted by molar-refractivity contribution is -0.130. The number of Topliss-reactive ketones (excluding diaryl/α,β-unsaturated/α-hetero) is 1. The van der Waals surface area contributed by atoms with Crippen LogP contribution in [0.1, 0.15) is 58.3 Å². The summed E-state index contributed by atoms with van der Waals surface area (Å²) in [6, 6.07) is 0. The number of alkyl halides is 3. The number of halogens is 3. The molecule has 19 heavy (non-hydrogen) atoms. The third-order valence-corrected chi connectivity index (χ3v) is 3.94. The van der Waals surface area contributed by atoms with Gasteiger partial charge in [0.05, 0.1) is 6.10 Å². The van der Waals surface area contributed by atoms with Crippen molar-refractivity contribution in [2.75, 3.05) is 6.61 Å². The maximum absolute atomic E-state index is 13.2. The van der Waals surface area contributed by atoms with Gasteiger partial charge in [0.25, 0.3) is 0 Å². The molecule has 0 N–H and O–H groups in total. The van der Waals surface area contributed by atoms with Crippen molar-refractivity contribution in [1.29, 1.82) is 0 Å². The van der Waals surface area contributed by atoms with E-state index in [0.717, 1.165) is 32.1 Å². The van der Waals surface area contributed by atoms with Crippen LogP contribution in [0, 0.1) is 5.92 Å². The Labute approximate surface area is 122 Å². The van der Waals surface area contributed by atoms with Gasteiger partial charge in [0.15, 0.2) is 0 Å². The van der Waals surface area contributed by atoms with Crippen LogP contribution in [0.25, 0.3) is 0 Å². The molecule has 1 fully saturated rings. The monoisotopic (exact) mass is 340 g/mol. The molecule has 112 valence electrons. The van der Waals surface area contributed by atoms with Crippen LogP contribution in [0.2, 0.25) is 0 Å². The van der Waals surface area contributed by atoms with Crippen molar-refractivity contribution in [3.8, 4) is 0 Å². The summed E-state index contributed by atoms with van der Waals surface area (Å²) in [5.41, 5.74) is 0. The molecule has 0 amide bonds. The lowest BCUT2D eigenvalue weighted by Crippen LogP contribution is -2.34. The van der Waals surface area contributed by atoms with Crippen molar-refractivity contribution in [1.82, 2.24) is 0 Å². The molecular formula is C14H23BrF2O2. The standard InChI is InChI=1S/C14H23BrF2O2/c1-2-19-13(10-14(15,16)17)11-8-6-4-3-5-7-9-12(11)18/h11,13H,2-10H2,1H3. The second kappa shape index (κ2) is 8.30. The summed E-state index contributed by atoms with van der Waals surface area (Å²) in [5.74, 6) is -0.279. The van der Waals surface area contributed by atoms with E-state index in [1.807, 2.05) is 0 Å². The summed E-state index contributed by atoms with van der Waals surface area (Å²) in [7, 11) is 0. The SMILES string of the molecule is CCOC(CC(F)(F)Br)C1CCCCCCCC1=O. The van der Waals surface area contributed by atoms with Crippen LogP contribution in [0.3, 0.4) is 0 Å². The molecule has 2 atom stereocenters. The molecule has 1 aliphatic carbocycles. The van der Waals surface area contributed by atoms with Crippen molar-refractivity contribution in [2.24, 2.45) is 5.92 Å². The Morgan fingerprint density at radius 1 is 1.32 bits per heavy atom. The number of ether oxygens (including phenoxy) is 1. The largest absolute Gasteiger partial charge is 0.377 e. The van der Waals surface area contributed by atoms with Gasteiger partial charge in [-0.15, -0.1) is 0 Å². The summed E-state index contributed by atoms with van der Waals surface area (Å²) >= 11 is 2.36. The van der Waals surface area contributed by atoms with E-state index in [-0.39, 0.29) is 11.7 Å². The van der Waals surface area contributed by atoms with Gasteiger partial charge >= 0.3 is 4.83 Å². The van der Waals surface area contributed by atoms with Crippen molar-refractivity contribution in [2.45, 2.75) is 69.2 Å². The average molecular weight is 341 g/mol. The number of carbonyl (C=O) groups is 1. The van der Waals surface area contributed by atoms with Crippen molar-refractivity contribution < 1.29 is 18.3 Å². The van der Waals surface area contributed by atoms with Crippen LogP contribution in [0.4, 0.5) is 8.78 Å². The topological polar surface area (TPSA) is 26.3 Å². The van der Waals surface area contributed by atoms with Gasteiger partial charge in [-0.05, 0) is 35.7 Å². The Bertz CT molecular complexity index is 279. The lowest BCUT2D eigenvalue weighted by Gasteiger charge is -2.27. The molecule has 0 heterocycles. The third kappa shape index (κ3) is 6.80. The first-order valence-electron chi connectivity index (χ1n) is 7.15. The highest BCUT2D eigenvalue weighted by Crippen LogP contribution is 2.34.